The molecule has 2 rings (SSSR count). The summed E-state index contributed by atoms with van der Waals surface area (Å²) in [4.78, 5) is 35.7. The molecule has 9 heteroatoms. The van der Waals surface area contributed by atoms with E-state index in [1.54, 1.807) is 19.2 Å². The van der Waals surface area contributed by atoms with Crippen LogP contribution in [0, 0.1) is 10.1 Å². The number of amides is 1. The number of nitro benzene ring substituents is 1. The fraction of sp³-hybridized carbons (Fsp3) is 0.176. The van der Waals surface area contributed by atoms with Gasteiger partial charge in [-0.05, 0) is 37.3 Å². The Morgan fingerprint density at radius 2 is 1.85 bits per heavy atom. The van der Waals surface area contributed by atoms with E-state index < -0.39 is 10.8 Å². The Hall–Kier alpha value is -2.64. The lowest BCUT2D eigenvalue weighted by Gasteiger charge is -2.19. The van der Waals surface area contributed by atoms with Crippen molar-refractivity contribution in [3.8, 4) is 0 Å². The van der Waals surface area contributed by atoms with Crippen LogP contribution >= 0.6 is 23.2 Å². The van der Waals surface area contributed by atoms with Crippen molar-refractivity contribution in [2.24, 2.45) is 0 Å². The van der Waals surface area contributed by atoms with E-state index in [4.69, 9.17) is 23.2 Å². The van der Waals surface area contributed by atoms with Crippen molar-refractivity contribution in [3.05, 3.63) is 62.1 Å². The molecule has 1 amide bonds. The Kier molecular flexibility index (Phi) is 6.18. The first-order chi connectivity index (χ1) is 12.2. The molecular weight excluding hydrogens is 381 g/mol. The molecule has 0 heterocycles. The summed E-state index contributed by atoms with van der Waals surface area (Å²) in [5.41, 5.74) is 0.667. The monoisotopic (exact) mass is 395 g/mol. The van der Waals surface area contributed by atoms with Gasteiger partial charge in [0.1, 0.15) is 5.69 Å². The van der Waals surface area contributed by atoms with Gasteiger partial charge in [0.05, 0.1) is 21.5 Å². The highest BCUT2D eigenvalue weighted by molar-refractivity contribution is 6.42. The minimum Gasteiger partial charge on any atom is -0.360 e. The fourth-order valence-corrected chi connectivity index (χ4v) is 2.58. The molecule has 0 saturated carbocycles. The van der Waals surface area contributed by atoms with Gasteiger partial charge in [0.15, 0.2) is 5.78 Å². The first-order valence-corrected chi connectivity index (χ1v) is 8.20. The number of likely N-dealkylation sites (N-methyl/N-ethyl adjacent to an activating group) is 1. The van der Waals surface area contributed by atoms with E-state index >= 15 is 0 Å². The van der Waals surface area contributed by atoms with Crippen molar-refractivity contribution < 1.29 is 14.5 Å². The van der Waals surface area contributed by atoms with Crippen LogP contribution in [0.1, 0.15) is 17.3 Å². The minimum absolute atomic E-state index is 0.138. The summed E-state index contributed by atoms with van der Waals surface area (Å²) in [6, 6.07) is 8.78. The van der Waals surface area contributed by atoms with Gasteiger partial charge in [0.2, 0.25) is 5.91 Å². The molecule has 0 saturated heterocycles. The number of carbonyl (C=O) groups is 2. The molecule has 0 aromatic heterocycles. The topological polar surface area (TPSA) is 92.6 Å². The third-order valence-electron chi connectivity index (χ3n) is 3.57. The van der Waals surface area contributed by atoms with Gasteiger partial charge in [0.25, 0.3) is 5.69 Å². The number of ketones is 1. The number of rotatable bonds is 6. The van der Waals surface area contributed by atoms with E-state index in [1.165, 1.54) is 36.1 Å². The first kappa shape index (κ1) is 19.7. The third-order valence-corrected chi connectivity index (χ3v) is 4.31. The number of benzene rings is 2. The van der Waals surface area contributed by atoms with E-state index in [0.717, 1.165) is 0 Å². The van der Waals surface area contributed by atoms with Crippen LogP contribution < -0.4 is 10.2 Å². The first-order valence-electron chi connectivity index (χ1n) is 7.44. The lowest BCUT2D eigenvalue weighted by Crippen LogP contribution is -2.30. The van der Waals surface area contributed by atoms with Crippen molar-refractivity contribution in [2.75, 3.05) is 23.8 Å². The maximum atomic E-state index is 12.2. The van der Waals surface area contributed by atoms with Gasteiger partial charge >= 0.3 is 0 Å². The second kappa shape index (κ2) is 8.16. The Morgan fingerprint density at radius 1 is 1.15 bits per heavy atom. The van der Waals surface area contributed by atoms with Crippen molar-refractivity contribution in [1.29, 1.82) is 0 Å². The molecule has 0 bridgehead atoms. The second-order valence-corrected chi connectivity index (χ2v) is 6.36. The zero-order valence-electron chi connectivity index (χ0n) is 14.0. The fourth-order valence-electron chi connectivity index (χ4n) is 2.29. The van der Waals surface area contributed by atoms with Crippen LogP contribution in [0.4, 0.5) is 17.1 Å². The number of Topliss-reactive ketones (excluding diaryl/α,β-unsaturated/α-hetero) is 1. The highest BCUT2D eigenvalue weighted by atomic mass is 35.5. The SMILES string of the molecule is CC(=O)c1ccc(N(C)CC(=O)Nc2ccc(Cl)c(Cl)c2)c([N+](=O)[O-])c1. The van der Waals surface area contributed by atoms with Gasteiger partial charge in [-0.25, -0.2) is 0 Å². The summed E-state index contributed by atoms with van der Waals surface area (Å²) < 4.78 is 0. The molecule has 0 aliphatic rings. The predicted octanol–water partition coefficient (Wildman–Crippen LogP) is 4.18. The maximum Gasteiger partial charge on any atom is 0.293 e. The molecule has 136 valence electrons. The normalized spacial score (nSPS) is 10.3. The van der Waals surface area contributed by atoms with E-state index in [2.05, 4.69) is 5.32 Å². The summed E-state index contributed by atoms with van der Waals surface area (Å²) in [5, 5.41) is 14.6. The Morgan fingerprint density at radius 3 is 2.42 bits per heavy atom. The summed E-state index contributed by atoms with van der Waals surface area (Å²) in [5.74, 6) is -0.671. The average Bonchev–Trinajstić information content (AvgIpc) is 2.57. The van der Waals surface area contributed by atoms with Crippen molar-refractivity contribution in [3.63, 3.8) is 0 Å². The molecule has 0 unspecified atom stereocenters. The van der Waals surface area contributed by atoms with Crippen molar-refractivity contribution in [1.82, 2.24) is 0 Å². The lowest BCUT2D eigenvalue weighted by atomic mass is 10.1. The summed E-state index contributed by atoms with van der Waals surface area (Å²) in [6.45, 7) is 1.19. The molecule has 2 aromatic rings. The number of nitrogens with one attached hydrogen (secondary N) is 1. The van der Waals surface area contributed by atoms with Crippen LogP contribution in [0.15, 0.2) is 36.4 Å². The summed E-state index contributed by atoms with van der Waals surface area (Å²) >= 11 is 11.7. The summed E-state index contributed by atoms with van der Waals surface area (Å²) in [6.07, 6.45) is 0. The van der Waals surface area contributed by atoms with Crippen LogP contribution in [-0.4, -0.2) is 30.2 Å². The zero-order valence-corrected chi connectivity index (χ0v) is 15.5. The van der Waals surface area contributed by atoms with Gasteiger partial charge in [-0.15, -0.1) is 0 Å². The van der Waals surface area contributed by atoms with Crippen LogP contribution in [-0.2, 0) is 4.79 Å². The molecule has 0 radical (unpaired) electrons. The molecule has 0 aliphatic heterocycles. The van der Waals surface area contributed by atoms with Crippen molar-refractivity contribution >= 4 is 52.0 Å². The molecule has 0 fully saturated rings. The molecule has 7 nitrogen and oxygen atoms in total. The number of carbonyl (C=O) groups excluding carboxylic acids is 2. The predicted molar refractivity (Wildman–Crippen MR) is 101 cm³/mol. The van der Waals surface area contributed by atoms with E-state index in [0.29, 0.717) is 15.7 Å². The van der Waals surface area contributed by atoms with Gasteiger partial charge < -0.3 is 10.2 Å². The number of anilines is 2. The zero-order chi connectivity index (χ0) is 19.4. The van der Waals surface area contributed by atoms with Gasteiger partial charge in [-0.3, -0.25) is 19.7 Å². The van der Waals surface area contributed by atoms with Gasteiger partial charge in [-0.2, -0.15) is 0 Å². The highest BCUT2D eigenvalue weighted by Crippen LogP contribution is 2.29. The molecule has 1 N–H and O–H groups in total. The Labute approximate surface area is 159 Å². The standard InChI is InChI=1S/C17H15Cl2N3O4/c1-10(23)11-3-6-15(16(7-11)22(25)26)21(2)9-17(24)20-12-4-5-13(18)14(19)8-12/h3-8H,9H2,1-2H3,(H,20,24). The number of halogens is 2. The number of hydrogen-bond donors (Lipinski definition) is 1. The number of nitrogens with zero attached hydrogens (tertiary/aromatic N) is 2. The van der Waals surface area contributed by atoms with Crippen LogP contribution in [0.3, 0.4) is 0 Å². The van der Waals surface area contributed by atoms with Gasteiger partial charge in [0, 0.05) is 24.4 Å². The smallest absolute Gasteiger partial charge is 0.293 e. The quantitative estimate of drug-likeness (QED) is 0.449. The summed E-state index contributed by atoms with van der Waals surface area (Å²) in [7, 11) is 1.55. The molecule has 0 atom stereocenters. The second-order valence-electron chi connectivity index (χ2n) is 5.55. The van der Waals surface area contributed by atoms with E-state index in [-0.39, 0.29) is 29.3 Å². The highest BCUT2D eigenvalue weighted by Gasteiger charge is 2.20. The van der Waals surface area contributed by atoms with E-state index in [9.17, 15) is 19.7 Å². The molecule has 2 aromatic carbocycles. The number of nitro groups is 1. The van der Waals surface area contributed by atoms with Crippen molar-refractivity contribution in [2.45, 2.75) is 6.92 Å². The van der Waals surface area contributed by atoms with Crippen LogP contribution in [0.25, 0.3) is 0 Å². The Balaban J connectivity index is 2.16. The van der Waals surface area contributed by atoms with Crippen LogP contribution in [0.2, 0.25) is 10.0 Å². The maximum absolute atomic E-state index is 12.2. The van der Waals surface area contributed by atoms with E-state index in [1.807, 2.05) is 0 Å². The third kappa shape index (κ3) is 4.71. The van der Waals surface area contributed by atoms with Crippen LogP contribution in [0.5, 0.6) is 0 Å². The largest absolute Gasteiger partial charge is 0.360 e. The molecule has 26 heavy (non-hydrogen) atoms. The molecular formula is C17H15Cl2N3O4. The molecule has 0 aliphatic carbocycles. The number of hydrogen-bond acceptors (Lipinski definition) is 5. The van der Waals surface area contributed by atoms with Gasteiger partial charge in [-0.1, -0.05) is 23.2 Å². The molecule has 0 spiro atoms. The minimum atomic E-state index is -0.588. The lowest BCUT2D eigenvalue weighted by molar-refractivity contribution is -0.384. The Bertz CT molecular complexity index is 886. The average molecular weight is 396 g/mol.